The Kier molecular flexibility index (Phi) is 4.73. The second-order valence-corrected chi connectivity index (χ2v) is 5.86. The number of fused-ring (bicyclic) bond motifs is 1. The van der Waals surface area contributed by atoms with Crippen LogP contribution in [0.4, 0.5) is 0 Å². The van der Waals surface area contributed by atoms with E-state index < -0.39 is 17.6 Å². The van der Waals surface area contributed by atoms with E-state index in [2.05, 4.69) is 10.2 Å². The number of hydrogen-bond donors (Lipinski definition) is 2. The van der Waals surface area contributed by atoms with Gasteiger partial charge in [-0.25, -0.2) is 4.79 Å². The summed E-state index contributed by atoms with van der Waals surface area (Å²) in [4.78, 5) is 26.2. The topological polar surface area (TPSA) is 82.8 Å². The molecule has 1 unspecified atom stereocenters. The molecule has 2 N–H and O–H groups in total. The van der Waals surface area contributed by atoms with Gasteiger partial charge in [0.15, 0.2) is 0 Å². The number of carbonyl (C=O) groups excluding carboxylic acids is 1. The number of para-hydroxylation sites is 1. The van der Waals surface area contributed by atoms with E-state index >= 15 is 0 Å². The molecule has 0 aliphatic carbocycles. The number of nitrogens with zero attached hydrogens (tertiary/aromatic N) is 1. The highest BCUT2D eigenvalue weighted by Gasteiger charge is 2.18. The normalized spacial score (nSPS) is 16.6. The molecule has 1 fully saturated rings. The van der Waals surface area contributed by atoms with Crippen molar-refractivity contribution in [3.8, 4) is 0 Å². The molecule has 2 aromatic rings. The number of benzene rings is 1. The number of nitrogens with one attached hydrogen (secondary N) is 1. The minimum absolute atomic E-state index is 0.0444. The van der Waals surface area contributed by atoms with Crippen molar-refractivity contribution in [2.24, 2.45) is 0 Å². The summed E-state index contributed by atoms with van der Waals surface area (Å²) < 4.78 is 5.14. The van der Waals surface area contributed by atoms with Crippen molar-refractivity contribution in [1.29, 1.82) is 0 Å². The molecule has 0 radical (unpaired) electrons. The first kappa shape index (κ1) is 15.7. The van der Waals surface area contributed by atoms with Gasteiger partial charge in [0.2, 0.25) is 0 Å². The summed E-state index contributed by atoms with van der Waals surface area (Å²) in [6.07, 6.45) is 1.65. The fourth-order valence-corrected chi connectivity index (χ4v) is 2.85. The molecule has 122 valence electrons. The maximum atomic E-state index is 12.2. The molecule has 1 aromatic heterocycles. The van der Waals surface area contributed by atoms with Crippen molar-refractivity contribution in [1.82, 2.24) is 10.2 Å². The summed E-state index contributed by atoms with van der Waals surface area (Å²) in [5.41, 5.74) is -0.268. The minimum atomic E-state index is -0.671. The van der Waals surface area contributed by atoms with E-state index in [1.807, 2.05) is 6.07 Å². The van der Waals surface area contributed by atoms with Crippen molar-refractivity contribution >= 4 is 16.9 Å². The number of aliphatic hydroxyl groups excluding tert-OH is 1. The lowest BCUT2D eigenvalue weighted by atomic mass is 10.2. The molecular weight excluding hydrogens is 296 g/mol. The van der Waals surface area contributed by atoms with E-state index in [9.17, 15) is 14.7 Å². The highest BCUT2D eigenvalue weighted by Crippen LogP contribution is 2.12. The van der Waals surface area contributed by atoms with E-state index in [-0.39, 0.29) is 12.1 Å². The predicted molar refractivity (Wildman–Crippen MR) is 86.5 cm³/mol. The number of β-amino-alcohol motifs (C(OH)–C–C–N with tert-alkyl or cyclic N) is 1. The molecule has 1 atom stereocenters. The Labute approximate surface area is 133 Å². The van der Waals surface area contributed by atoms with Crippen LogP contribution in [0.25, 0.3) is 11.0 Å². The van der Waals surface area contributed by atoms with Crippen LogP contribution in [0.5, 0.6) is 0 Å². The number of amides is 1. The summed E-state index contributed by atoms with van der Waals surface area (Å²) in [7, 11) is 0. The van der Waals surface area contributed by atoms with E-state index in [4.69, 9.17) is 4.42 Å². The van der Waals surface area contributed by atoms with Crippen LogP contribution >= 0.6 is 0 Å². The van der Waals surface area contributed by atoms with E-state index in [1.165, 1.54) is 6.07 Å². The van der Waals surface area contributed by atoms with Gasteiger partial charge in [0.25, 0.3) is 5.91 Å². The number of likely N-dealkylation sites (tertiary alicyclic amines) is 1. The number of rotatable bonds is 5. The van der Waals surface area contributed by atoms with Crippen molar-refractivity contribution in [3.63, 3.8) is 0 Å². The molecule has 3 rings (SSSR count). The zero-order valence-corrected chi connectivity index (χ0v) is 12.8. The zero-order valence-electron chi connectivity index (χ0n) is 12.8. The molecule has 1 aliphatic heterocycles. The fraction of sp³-hybridized carbons (Fsp3) is 0.412. The van der Waals surface area contributed by atoms with Gasteiger partial charge in [0.1, 0.15) is 11.1 Å². The average Bonchev–Trinajstić information content (AvgIpc) is 3.05. The van der Waals surface area contributed by atoms with Gasteiger partial charge in [-0.2, -0.15) is 0 Å². The highest BCUT2D eigenvalue weighted by atomic mass is 16.4. The van der Waals surface area contributed by atoms with Crippen LogP contribution in [-0.4, -0.2) is 48.2 Å². The van der Waals surface area contributed by atoms with Crippen molar-refractivity contribution < 1.29 is 14.3 Å². The number of aliphatic hydroxyl groups is 1. The Morgan fingerprint density at radius 3 is 2.83 bits per heavy atom. The largest absolute Gasteiger partial charge is 0.422 e. The molecule has 0 saturated carbocycles. The molecular formula is C17H20N2O4. The van der Waals surface area contributed by atoms with Crippen LogP contribution in [0.3, 0.4) is 0 Å². The van der Waals surface area contributed by atoms with Gasteiger partial charge in [-0.05, 0) is 38.1 Å². The van der Waals surface area contributed by atoms with Crippen molar-refractivity contribution in [3.05, 3.63) is 46.3 Å². The first-order chi connectivity index (χ1) is 11.1. The first-order valence-corrected chi connectivity index (χ1v) is 7.85. The third-order valence-corrected chi connectivity index (χ3v) is 4.05. The monoisotopic (exact) mass is 316 g/mol. The van der Waals surface area contributed by atoms with Crippen LogP contribution in [0.2, 0.25) is 0 Å². The Hall–Kier alpha value is -2.18. The third kappa shape index (κ3) is 3.78. The van der Waals surface area contributed by atoms with Gasteiger partial charge in [0, 0.05) is 18.5 Å². The number of hydrogen-bond acceptors (Lipinski definition) is 5. The predicted octanol–water partition coefficient (Wildman–Crippen LogP) is 0.979. The first-order valence-electron chi connectivity index (χ1n) is 7.85. The van der Waals surface area contributed by atoms with Gasteiger partial charge in [-0.3, -0.25) is 4.79 Å². The SMILES string of the molecule is O=C(NCC(O)CN1CCCC1)c1cc2ccccc2oc1=O. The van der Waals surface area contributed by atoms with E-state index in [1.54, 1.807) is 18.2 Å². The standard InChI is InChI=1S/C17H20N2O4/c20-13(11-19-7-3-4-8-19)10-18-16(21)14-9-12-5-1-2-6-15(12)23-17(14)22/h1-2,5-6,9,13,20H,3-4,7-8,10-11H2,(H,18,21). The Morgan fingerprint density at radius 2 is 2.04 bits per heavy atom. The molecule has 0 spiro atoms. The van der Waals surface area contributed by atoms with Crippen LogP contribution in [0.15, 0.2) is 39.5 Å². The molecule has 1 amide bonds. The summed E-state index contributed by atoms with van der Waals surface area (Å²) in [5, 5.41) is 13.3. The smallest absolute Gasteiger partial charge is 0.349 e. The molecule has 6 nitrogen and oxygen atoms in total. The van der Waals surface area contributed by atoms with Gasteiger partial charge in [-0.1, -0.05) is 18.2 Å². The lowest BCUT2D eigenvalue weighted by Gasteiger charge is -2.19. The molecule has 6 heteroatoms. The van der Waals surface area contributed by atoms with Crippen LogP contribution in [0.1, 0.15) is 23.2 Å². The molecule has 2 heterocycles. The Morgan fingerprint density at radius 1 is 1.30 bits per heavy atom. The lowest BCUT2D eigenvalue weighted by Crippen LogP contribution is -2.40. The molecule has 1 saturated heterocycles. The van der Waals surface area contributed by atoms with Crippen molar-refractivity contribution in [2.75, 3.05) is 26.2 Å². The summed E-state index contributed by atoms with van der Waals surface area (Å²) >= 11 is 0. The van der Waals surface area contributed by atoms with Gasteiger partial charge >= 0.3 is 5.63 Å². The minimum Gasteiger partial charge on any atom is -0.422 e. The zero-order chi connectivity index (χ0) is 16.2. The van der Waals surface area contributed by atoms with Gasteiger partial charge in [-0.15, -0.1) is 0 Å². The molecule has 0 bridgehead atoms. The lowest BCUT2D eigenvalue weighted by molar-refractivity contribution is 0.0876. The van der Waals surface area contributed by atoms with Crippen LogP contribution in [0, 0.1) is 0 Å². The van der Waals surface area contributed by atoms with E-state index in [0.717, 1.165) is 25.9 Å². The van der Waals surface area contributed by atoms with Crippen molar-refractivity contribution in [2.45, 2.75) is 18.9 Å². The second kappa shape index (κ2) is 6.93. The van der Waals surface area contributed by atoms with E-state index in [0.29, 0.717) is 17.5 Å². The van der Waals surface area contributed by atoms with Gasteiger partial charge in [0.05, 0.1) is 6.10 Å². The Balaban J connectivity index is 1.63. The quantitative estimate of drug-likeness (QED) is 0.804. The fourth-order valence-electron chi connectivity index (χ4n) is 2.85. The summed E-state index contributed by atoms with van der Waals surface area (Å²) in [6, 6.07) is 8.54. The maximum absolute atomic E-state index is 12.2. The average molecular weight is 316 g/mol. The maximum Gasteiger partial charge on any atom is 0.349 e. The number of carbonyl (C=O) groups is 1. The molecule has 23 heavy (non-hydrogen) atoms. The second-order valence-electron chi connectivity index (χ2n) is 5.86. The summed E-state index contributed by atoms with van der Waals surface area (Å²) in [5.74, 6) is -0.523. The molecule has 1 aliphatic rings. The van der Waals surface area contributed by atoms with Crippen LogP contribution in [-0.2, 0) is 0 Å². The summed E-state index contributed by atoms with van der Waals surface area (Å²) in [6.45, 7) is 2.62. The van der Waals surface area contributed by atoms with Crippen LogP contribution < -0.4 is 10.9 Å². The third-order valence-electron chi connectivity index (χ3n) is 4.05. The van der Waals surface area contributed by atoms with Gasteiger partial charge < -0.3 is 19.7 Å². The molecule has 1 aromatic carbocycles. The highest BCUT2D eigenvalue weighted by molar-refractivity contribution is 5.96. The Bertz CT molecular complexity index is 750.